The summed E-state index contributed by atoms with van der Waals surface area (Å²) >= 11 is 1.41. The largest absolute Gasteiger partial charge is 0.144 e. The zero-order chi connectivity index (χ0) is 9.40. The normalized spacial score (nSPS) is 14.4. The maximum absolute atomic E-state index is 10.2. The third kappa shape index (κ3) is 5.35. The van der Waals surface area contributed by atoms with Crippen molar-refractivity contribution in [2.45, 2.75) is 33.1 Å². The number of hydrogen-bond donors (Lipinski definition) is 0. The fourth-order valence-corrected chi connectivity index (χ4v) is 1.41. The first-order chi connectivity index (χ1) is 5.74. The lowest BCUT2D eigenvalue weighted by atomic mass is 10.0. The Morgan fingerprint density at radius 2 is 2.33 bits per heavy atom. The van der Waals surface area contributed by atoms with E-state index in [4.69, 9.17) is 0 Å². The molecule has 0 fully saturated rings. The average molecular weight is 187 g/mol. The molecule has 0 amide bonds. The van der Waals surface area contributed by atoms with Gasteiger partial charge < -0.3 is 0 Å². The summed E-state index contributed by atoms with van der Waals surface area (Å²) in [5, 5.41) is 3.52. The van der Waals surface area contributed by atoms with Gasteiger partial charge in [-0.3, -0.25) is 0 Å². The molecule has 0 aliphatic heterocycles. The number of hydrogen-bond acceptors (Lipinski definition) is 3. The van der Waals surface area contributed by atoms with E-state index in [1.807, 2.05) is 12.3 Å². The molecular weight excluding hydrogens is 170 g/mol. The van der Waals surface area contributed by atoms with Gasteiger partial charge in [-0.05, 0) is 29.8 Å². The third-order valence-electron chi connectivity index (χ3n) is 1.78. The second kappa shape index (κ2) is 7.35. The summed E-state index contributed by atoms with van der Waals surface area (Å²) in [6, 6.07) is 0. The highest BCUT2D eigenvalue weighted by Gasteiger charge is 1.99. The lowest BCUT2D eigenvalue weighted by Crippen LogP contribution is -1.90. The minimum absolute atomic E-state index is 0.609. The van der Waals surface area contributed by atoms with E-state index in [-0.39, 0.29) is 0 Å². The molecule has 0 saturated carbocycles. The highest BCUT2D eigenvalue weighted by atomic mass is 32.2. The molecule has 0 rings (SSSR count). The molecule has 0 aromatic rings. The second-order valence-electron chi connectivity index (χ2n) is 2.97. The van der Waals surface area contributed by atoms with Crippen molar-refractivity contribution in [2.24, 2.45) is 11.1 Å². The van der Waals surface area contributed by atoms with Crippen LogP contribution in [0.1, 0.15) is 33.1 Å². The van der Waals surface area contributed by atoms with Gasteiger partial charge in [-0.25, -0.2) is 0 Å². The Morgan fingerprint density at radius 3 is 2.75 bits per heavy atom. The van der Waals surface area contributed by atoms with Crippen LogP contribution in [0, 0.1) is 10.8 Å². The summed E-state index contributed by atoms with van der Waals surface area (Å²) in [5.74, 6) is 0.666. The first-order valence-electron chi connectivity index (χ1n) is 4.32. The van der Waals surface area contributed by atoms with Crippen LogP contribution in [0.15, 0.2) is 16.3 Å². The molecule has 0 N–H and O–H groups in total. The summed E-state index contributed by atoms with van der Waals surface area (Å²) in [6.07, 6.45) is 7.20. The Hall–Kier alpha value is -0.310. The van der Waals surface area contributed by atoms with Crippen molar-refractivity contribution < 1.29 is 0 Å². The number of rotatable bonds is 6. The zero-order valence-corrected chi connectivity index (χ0v) is 8.86. The van der Waals surface area contributed by atoms with E-state index in [9.17, 15) is 4.91 Å². The minimum atomic E-state index is 0.609. The molecule has 3 heteroatoms. The van der Waals surface area contributed by atoms with Crippen molar-refractivity contribution in [3.05, 3.63) is 16.0 Å². The predicted molar refractivity (Wildman–Crippen MR) is 56.1 cm³/mol. The van der Waals surface area contributed by atoms with Gasteiger partial charge in [0.1, 0.15) is 5.03 Å². The van der Waals surface area contributed by atoms with Crippen LogP contribution >= 0.6 is 11.8 Å². The summed E-state index contributed by atoms with van der Waals surface area (Å²) in [7, 11) is 0. The molecule has 0 radical (unpaired) electrons. The van der Waals surface area contributed by atoms with Gasteiger partial charge in [0.15, 0.2) is 0 Å². The average Bonchev–Trinajstić information content (AvgIpc) is 2.07. The van der Waals surface area contributed by atoms with Crippen LogP contribution in [0.4, 0.5) is 0 Å². The molecular formula is C9H17NOS. The van der Waals surface area contributed by atoms with Gasteiger partial charge in [0.2, 0.25) is 0 Å². The van der Waals surface area contributed by atoms with Crippen molar-refractivity contribution in [3.63, 3.8) is 0 Å². The van der Waals surface area contributed by atoms with Crippen LogP contribution < -0.4 is 0 Å². The van der Waals surface area contributed by atoms with Crippen LogP contribution in [-0.2, 0) is 0 Å². The van der Waals surface area contributed by atoms with Crippen molar-refractivity contribution >= 4 is 11.8 Å². The fraction of sp³-hybridized carbons (Fsp3) is 0.778. The van der Waals surface area contributed by atoms with E-state index < -0.39 is 0 Å². The molecule has 0 aliphatic carbocycles. The van der Waals surface area contributed by atoms with Gasteiger partial charge in [0, 0.05) is 0 Å². The van der Waals surface area contributed by atoms with Crippen molar-refractivity contribution in [1.29, 1.82) is 0 Å². The maximum Gasteiger partial charge on any atom is 0.136 e. The van der Waals surface area contributed by atoms with E-state index >= 15 is 0 Å². The molecule has 0 aliphatic rings. The van der Waals surface area contributed by atoms with Gasteiger partial charge >= 0.3 is 0 Å². The topological polar surface area (TPSA) is 29.4 Å². The summed E-state index contributed by atoms with van der Waals surface area (Å²) in [5.41, 5.74) is 0. The van der Waals surface area contributed by atoms with Crippen molar-refractivity contribution in [1.82, 2.24) is 0 Å². The molecule has 0 saturated heterocycles. The quantitative estimate of drug-likeness (QED) is 0.592. The van der Waals surface area contributed by atoms with Crippen LogP contribution in [0.2, 0.25) is 0 Å². The minimum Gasteiger partial charge on any atom is -0.144 e. The molecule has 2 nitrogen and oxygen atoms in total. The van der Waals surface area contributed by atoms with E-state index in [2.05, 4.69) is 19.0 Å². The number of nitrogens with zero attached hydrogens (tertiary/aromatic N) is 1. The van der Waals surface area contributed by atoms with Crippen LogP contribution in [0.25, 0.3) is 0 Å². The summed E-state index contributed by atoms with van der Waals surface area (Å²) in [4.78, 5) is 10.2. The molecule has 0 aromatic heterocycles. The van der Waals surface area contributed by atoms with Crippen molar-refractivity contribution in [3.8, 4) is 0 Å². The van der Waals surface area contributed by atoms with Crippen LogP contribution in [0.3, 0.4) is 0 Å². The SMILES string of the molecule is CCCC(C)CC=C(N=O)SC. The van der Waals surface area contributed by atoms with Crippen LogP contribution in [-0.4, -0.2) is 6.26 Å². The van der Waals surface area contributed by atoms with E-state index in [0.717, 1.165) is 6.42 Å². The van der Waals surface area contributed by atoms with E-state index in [0.29, 0.717) is 10.9 Å². The first-order valence-corrected chi connectivity index (χ1v) is 5.54. The highest BCUT2D eigenvalue weighted by Crippen LogP contribution is 2.17. The summed E-state index contributed by atoms with van der Waals surface area (Å²) in [6.45, 7) is 4.37. The Balaban J connectivity index is 3.75. The molecule has 1 unspecified atom stereocenters. The molecule has 0 bridgehead atoms. The molecule has 0 heterocycles. The number of thioether (sulfide) groups is 1. The van der Waals surface area contributed by atoms with E-state index in [1.54, 1.807) is 0 Å². The Morgan fingerprint density at radius 1 is 1.67 bits per heavy atom. The highest BCUT2D eigenvalue weighted by molar-refractivity contribution is 8.02. The van der Waals surface area contributed by atoms with Gasteiger partial charge in [-0.15, -0.1) is 16.7 Å². The maximum atomic E-state index is 10.2. The summed E-state index contributed by atoms with van der Waals surface area (Å²) < 4.78 is 0. The molecule has 0 spiro atoms. The molecule has 1 atom stereocenters. The molecule has 12 heavy (non-hydrogen) atoms. The second-order valence-corrected chi connectivity index (χ2v) is 3.79. The predicted octanol–water partition coefficient (Wildman–Crippen LogP) is 3.78. The smallest absolute Gasteiger partial charge is 0.136 e. The lowest BCUT2D eigenvalue weighted by molar-refractivity contribution is 0.531. The monoisotopic (exact) mass is 187 g/mol. The standard InChI is InChI=1S/C9H17NOS/c1-4-5-8(2)6-7-9(10-11)12-3/h7-8H,4-6H2,1-3H3. The first kappa shape index (κ1) is 11.7. The van der Waals surface area contributed by atoms with Crippen LogP contribution in [0.5, 0.6) is 0 Å². The van der Waals surface area contributed by atoms with Gasteiger partial charge in [-0.1, -0.05) is 26.7 Å². The van der Waals surface area contributed by atoms with Crippen molar-refractivity contribution in [2.75, 3.05) is 6.26 Å². The Labute approximate surface area is 78.8 Å². The zero-order valence-electron chi connectivity index (χ0n) is 8.04. The Bertz CT molecular complexity index is 157. The van der Waals surface area contributed by atoms with Gasteiger partial charge in [-0.2, -0.15) is 0 Å². The van der Waals surface area contributed by atoms with Gasteiger partial charge in [0.25, 0.3) is 0 Å². The number of nitroso groups, excluding NO2 is 1. The third-order valence-corrected chi connectivity index (χ3v) is 2.43. The van der Waals surface area contributed by atoms with Gasteiger partial charge in [0.05, 0.1) is 0 Å². The fourth-order valence-electron chi connectivity index (χ4n) is 1.07. The van der Waals surface area contributed by atoms with E-state index in [1.165, 1.54) is 24.6 Å². The number of allylic oxidation sites excluding steroid dienone is 1. The molecule has 0 aromatic carbocycles. The Kier molecular flexibility index (Phi) is 7.16. The molecule has 70 valence electrons. The lowest BCUT2D eigenvalue weighted by Gasteiger charge is -2.05.